The molecule has 0 saturated heterocycles. The third-order valence-corrected chi connectivity index (χ3v) is 1.30. The summed E-state index contributed by atoms with van der Waals surface area (Å²) in [5.41, 5.74) is 0. The van der Waals surface area contributed by atoms with Gasteiger partial charge in [0.05, 0.1) is 6.61 Å². The molecular weight excluding hydrogens is 236 g/mol. The van der Waals surface area contributed by atoms with Crippen LogP contribution in [-0.4, -0.2) is 37.8 Å². The summed E-state index contributed by atoms with van der Waals surface area (Å²) in [5, 5.41) is 0. The van der Waals surface area contributed by atoms with Crippen molar-refractivity contribution in [2.45, 2.75) is 0 Å². The summed E-state index contributed by atoms with van der Waals surface area (Å²) >= 11 is 0. The summed E-state index contributed by atoms with van der Waals surface area (Å²) in [6.45, 7) is 1.25. The maximum atomic E-state index is 8.74. The maximum Gasteiger partial charge on any atom is 0.394 e. The number of hydrogen-bond acceptors (Lipinski definition) is 4. The van der Waals surface area contributed by atoms with Gasteiger partial charge in [-0.3, -0.25) is 9.11 Å². The fourth-order valence-corrected chi connectivity index (χ4v) is 0.760. The molecule has 0 radical (unpaired) electrons. The highest BCUT2D eigenvalue weighted by atomic mass is 32.3. The van der Waals surface area contributed by atoms with E-state index in [1.54, 1.807) is 7.11 Å². The van der Waals surface area contributed by atoms with Crippen molar-refractivity contribution in [1.29, 1.82) is 0 Å². The largest absolute Gasteiger partial charge is 0.491 e. The Morgan fingerprint density at radius 1 is 1.12 bits per heavy atom. The van der Waals surface area contributed by atoms with E-state index in [1.165, 1.54) is 0 Å². The lowest BCUT2D eigenvalue weighted by Gasteiger charge is -2.03. The van der Waals surface area contributed by atoms with Crippen molar-refractivity contribution in [1.82, 2.24) is 0 Å². The molecule has 0 amide bonds. The summed E-state index contributed by atoms with van der Waals surface area (Å²) in [6, 6.07) is 9.71. The van der Waals surface area contributed by atoms with Gasteiger partial charge >= 0.3 is 10.4 Å². The Kier molecular flexibility index (Phi) is 7.48. The molecule has 0 aliphatic heterocycles. The van der Waals surface area contributed by atoms with Gasteiger partial charge in [0.25, 0.3) is 0 Å². The van der Waals surface area contributed by atoms with Crippen LogP contribution >= 0.6 is 0 Å². The second-order valence-corrected chi connectivity index (χ2v) is 3.50. The van der Waals surface area contributed by atoms with Gasteiger partial charge in [-0.1, -0.05) is 18.2 Å². The fourth-order valence-electron chi connectivity index (χ4n) is 0.760. The zero-order chi connectivity index (χ0) is 12.4. The van der Waals surface area contributed by atoms with E-state index in [-0.39, 0.29) is 0 Å². The third kappa shape index (κ3) is 12.8. The van der Waals surface area contributed by atoms with Gasteiger partial charge < -0.3 is 9.47 Å². The lowest BCUT2D eigenvalue weighted by atomic mass is 10.3. The van der Waals surface area contributed by atoms with Gasteiger partial charge in [-0.05, 0) is 12.1 Å². The van der Waals surface area contributed by atoms with Gasteiger partial charge in [-0.25, -0.2) is 0 Å². The Morgan fingerprint density at radius 2 is 1.62 bits per heavy atom. The van der Waals surface area contributed by atoms with Gasteiger partial charge in [-0.15, -0.1) is 0 Å². The van der Waals surface area contributed by atoms with Gasteiger partial charge in [0.1, 0.15) is 12.4 Å². The van der Waals surface area contributed by atoms with Crippen LogP contribution in [0, 0.1) is 0 Å². The molecule has 0 aromatic heterocycles. The summed E-state index contributed by atoms with van der Waals surface area (Å²) in [4.78, 5) is 0. The van der Waals surface area contributed by atoms with Crippen LogP contribution < -0.4 is 4.74 Å². The van der Waals surface area contributed by atoms with Gasteiger partial charge in [0.15, 0.2) is 0 Å². The molecule has 0 aliphatic carbocycles. The molecule has 92 valence electrons. The molecule has 0 spiro atoms. The summed E-state index contributed by atoms with van der Waals surface area (Å²) < 4.78 is 41.7. The van der Waals surface area contributed by atoms with E-state index >= 15 is 0 Å². The Bertz CT molecular complexity index is 353. The second-order valence-electron chi connectivity index (χ2n) is 2.60. The molecule has 0 aliphatic rings. The third-order valence-electron chi connectivity index (χ3n) is 1.30. The summed E-state index contributed by atoms with van der Waals surface area (Å²) in [7, 11) is -3.01. The normalized spacial score (nSPS) is 10.2. The number of rotatable bonds is 4. The highest BCUT2D eigenvalue weighted by Gasteiger charge is 1.88. The SMILES string of the molecule is COCCOc1ccccc1.O=S(=O)(O)O. The Balaban J connectivity index is 0.000000385. The fraction of sp³-hybridized carbons (Fsp3) is 0.333. The van der Waals surface area contributed by atoms with Crippen LogP contribution in [-0.2, 0) is 15.1 Å². The lowest BCUT2D eigenvalue weighted by Crippen LogP contribution is -2.03. The predicted molar refractivity (Wildman–Crippen MR) is 58.0 cm³/mol. The molecule has 7 heteroatoms. The summed E-state index contributed by atoms with van der Waals surface area (Å²) in [6.07, 6.45) is 0. The van der Waals surface area contributed by atoms with Gasteiger partial charge in [0.2, 0.25) is 0 Å². The average molecular weight is 250 g/mol. The molecule has 0 fully saturated rings. The van der Waals surface area contributed by atoms with Crippen molar-refractivity contribution in [2.24, 2.45) is 0 Å². The number of ether oxygens (including phenoxy) is 2. The molecule has 0 saturated carbocycles. The smallest absolute Gasteiger partial charge is 0.394 e. The minimum atomic E-state index is -4.67. The van der Waals surface area contributed by atoms with Crippen molar-refractivity contribution < 1.29 is 27.0 Å². The topological polar surface area (TPSA) is 93.1 Å². The highest BCUT2D eigenvalue weighted by molar-refractivity contribution is 7.79. The van der Waals surface area contributed by atoms with E-state index < -0.39 is 10.4 Å². The summed E-state index contributed by atoms with van der Waals surface area (Å²) in [5.74, 6) is 0.893. The molecule has 1 aromatic rings. The molecule has 6 nitrogen and oxygen atoms in total. The minimum Gasteiger partial charge on any atom is -0.491 e. The van der Waals surface area contributed by atoms with Gasteiger partial charge in [-0.2, -0.15) is 8.42 Å². The molecule has 16 heavy (non-hydrogen) atoms. The van der Waals surface area contributed by atoms with Crippen LogP contribution in [0.2, 0.25) is 0 Å². The quantitative estimate of drug-likeness (QED) is 0.613. The van der Waals surface area contributed by atoms with Crippen LogP contribution in [0.5, 0.6) is 5.75 Å². The average Bonchev–Trinajstić information content (AvgIpc) is 2.17. The molecule has 0 bridgehead atoms. The van der Waals surface area contributed by atoms with Crippen LogP contribution in [0.1, 0.15) is 0 Å². The monoisotopic (exact) mass is 250 g/mol. The molecule has 0 atom stereocenters. The number of hydrogen-bond donors (Lipinski definition) is 2. The minimum absolute atomic E-state index is 0.612. The van der Waals surface area contributed by atoms with Crippen LogP contribution in [0.4, 0.5) is 0 Å². The number of methoxy groups -OCH3 is 1. The van der Waals surface area contributed by atoms with Crippen LogP contribution in [0.3, 0.4) is 0 Å². The Morgan fingerprint density at radius 3 is 2.06 bits per heavy atom. The van der Waals surface area contributed by atoms with Gasteiger partial charge in [0, 0.05) is 7.11 Å². The van der Waals surface area contributed by atoms with Crippen molar-refractivity contribution in [2.75, 3.05) is 20.3 Å². The standard InChI is InChI=1S/C9H12O2.H2O4S/c1-10-7-8-11-9-5-3-2-4-6-9;1-5(2,3)4/h2-6H,7-8H2,1H3;(H2,1,2,3,4). The first-order valence-electron chi connectivity index (χ1n) is 4.30. The van der Waals surface area contributed by atoms with Crippen LogP contribution in [0.15, 0.2) is 30.3 Å². The number of benzene rings is 1. The zero-order valence-corrected chi connectivity index (χ0v) is 9.55. The van der Waals surface area contributed by atoms with Crippen molar-refractivity contribution in [3.8, 4) is 5.75 Å². The number of para-hydroxylation sites is 1. The van der Waals surface area contributed by atoms with Crippen molar-refractivity contribution in [3.63, 3.8) is 0 Å². The molecule has 0 heterocycles. The van der Waals surface area contributed by atoms with E-state index in [1.807, 2.05) is 30.3 Å². The Hall–Kier alpha value is -1.15. The van der Waals surface area contributed by atoms with E-state index in [0.29, 0.717) is 13.2 Å². The van der Waals surface area contributed by atoms with E-state index in [9.17, 15) is 0 Å². The molecule has 2 N–H and O–H groups in total. The van der Waals surface area contributed by atoms with E-state index in [4.69, 9.17) is 27.0 Å². The molecular formula is C9H14O6S. The Labute approximate surface area is 94.4 Å². The molecule has 0 unspecified atom stereocenters. The predicted octanol–water partition coefficient (Wildman–Crippen LogP) is 1.06. The highest BCUT2D eigenvalue weighted by Crippen LogP contribution is 2.07. The second kappa shape index (κ2) is 8.05. The van der Waals surface area contributed by atoms with E-state index in [0.717, 1.165) is 5.75 Å². The lowest BCUT2D eigenvalue weighted by molar-refractivity contribution is 0.146. The first kappa shape index (κ1) is 14.8. The van der Waals surface area contributed by atoms with Crippen molar-refractivity contribution in [3.05, 3.63) is 30.3 Å². The van der Waals surface area contributed by atoms with Crippen molar-refractivity contribution >= 4 is 10.4 Å². The molecule has 1 rings (SSSR count). The first-order chi connectivity index (χ1) is 7.43. The zero-order valence-electron chi connectivity index (χ0n) is 8.74. The van der Waals surface area contributed by atoms with E-state index in [2.05, 4.69) is 0 Å². The maximum absolute atomic E-state index is 8.74. The van der Waals surface area contributed by atoms with Crippen LogP contribution in [0.25, 0.3) is 0 Å². The molecule has 1 aromatic carbocycles. The first-order valence-corrected chi connectivity index (χ1v) is 5.70.